The summed E-state index contributed by atoms with van der Waals surface area (Å²) in [7, 11) is 0. The monoisotopic (exact) mass is 594 g/mol. The first-order valence-electron chi connectivity index (χ1n) is 13.3. The number of nitrogens with two attached hydrogens (primary N) is 2. The predicted molar refractivity (Wildman–Crippen MR) is 160 cm³/mol. The van der Waals surface area contributed by atoms with Gasteiger partial charge in [-0.05, 0) is 91.2 Å². The molecule has 0 unspecified atom stereocenters. The summed E-state index contributed by atoms with van der Waals surface area (Å²) < 4.78 is 0. The van der Waals surface area contributed by atoms with E-state index in [1.54, 1.807) is 42.7 Å². The first-order valence-corrected chi connectivity index (χ1v) is 13.7. The third-order valence-corrected chi connectivity index (χ3v) is 7.83. The van der Waals surface area contributed by atoms with Crippen LogP contribution in [0.2, 0.25) is 5.02 Å². The molecule has 214 valence electrons. The fourth-order valence-corrected chi connectivity index (χ4v) is 5.37. The van der Waals surface area contributed by atoms with Crippen molar-refractivity contribution in [1.82, 2.24) is 25.6 Å². The number of aromatic amines is 1. The fraction of sp³-hybridized carbons (Fsp3) is 0.310. The van der Waals surface area contributed by atoms with Gasteiger partial charge in [-0.25, -0.2) is 4.90 Å². The van der Waals surface area contributed by atoms with E-state index in [2.05, 4.69) is 25.6 Å². The predicted octanol–water partition coefficient (Wildman–Crippen LogP) is 4.20. The summed E-state index contributed by atoms with van der Waals surface area (Å²) in [5, 5.41) is 14.6. The number of hydrogen-bond donors (Lipinski definition) is 3. The lowest BCUT2D eigenvalue weighted by Crippen LogP contribution is -2.50. The van der Waals surface area contributed by atoms with Crippen molar-refractivity contribution in [1.29, 1.82) is 0 Å². The van der Waals surface area contributed by atoms with Gasteiger partial charge in [-0.3, -0.25) is 14.6 Å². The number of benzene rings is 2. The molecule has 5 N–H and O–H groups in total. The molecule has 0 bridgehead atoms. The number of hydrogen-bond acceptors (Lipinski definition) is 8. The van der Waals surface area contributed by atoms with E-state index in [4.69, 9.17) is 23.1 Å². The molecule has 0 radical (unpaired) electrons. The molecule has 5 rings (SSSR count). The van der Waals surface area contributed by atoms with E-state index in [1.165, 1.54) is 4.90 Å². The number of aromatic nitrogens is 5. The second-order valence-electron chi connectivity index (χ2n) is 10.1. The number of pyridine rings is 1. The van der Waals surface area contributed by atoms with Crippen molar-refractivity contribution in [2.24, 2.45) is 23.3 Å². The van der Waals surface area contributed by atoms with Crippen molar-refractivity contribution in [3.8, 4) is 22.5 Å². The Bertz CT molecular complexity index is 1440. The maximum atomic E-state index is 13.8. The van der Waals surface area contributed by atoms with Gasteiger partial charge in [0.2, 0.25) is 11.7 Å². The topological polar surface area (TPSA) is 157 Å². The average molecular weight is 596 g/mol. The number of amides is 2. The van der Waals surface area contributed by atoms with Crippen molar-refractivity contribution in [2.75, 3.05) is 11.4 Å². The van der Waals surface area contributed by atoms with Crippen molar-refractivity contribution in [3.63, 3.8) is 0 Å². The summed E-state index contributed by atoms with van der Waals surface area (Å²) in [6.07, 6.45) is 6.74. The molecular weight excluding hydrogens is 563 g/mol. The molecule has 1 fully saturated rings. The highest BCUT2D eigenvalue weighted by Crippen LogP contribution is 2.32. The van der Waals surface area contributed by atoms with Crippen molar-refractivity contribution >= 4 is 41.5 Å². The van der Waals surface area contributed by atoms with E-state index in [0.717, 1.165) is 29.5 Å². The van der Waals surface area contributed by atoms with Crippen LogP contribution in [-0.2, 0) is 16.0 Å². The Hall–Kier alpha value is -3.70. The van der Waals surface area contributed by atoms with Crippen LogP contribution in [0.1, 0.15) is 31.2 Å². The molecule has 2 aromatic carbocycles. The van der Waals surface area contributed by atoms with E-state index in [1.807, 2.05) is 24.3 Å². The summed E-state index contributed by atoms with van der Waals surface area (Å²) in [6.45, 7) is 0.609. The van der Waals surface area contributed by atoms with Crippen LogP contribution in [0.5, 0.6) is 0 Å². The molecule has 1 atom stereocenters. The Kier molecular flexibility index (Phi) is 10.2. The number of nitrogens with one attached hydrogen (secondary N) is 1. The SMILES string of the molecule is Cl.NC[C@H]1CC[C@H](C(=O)N(C(=O)[C@@H](N)Cc2ccc(-c3cnccc3Cl)cc2)c2ccc(-c3nn[nH]n3)cc2)CC1. The molecule has 12 heteroatoms. The molecule has 4 aromatic rings. The Balaban J connectivity index is 0.00000387. The fourth-order valence-electron chi connectivity index (χ4n) is 5.15. The van der Waals surface area contributed by atoms with Gasteiger partial charge < -0.3 is 11.5 Å². The highest BCUT2D eigenvalue weighted by molar-refractivity contribution is 6.33. The van der Waals surface area contributed by atoms with Gasteiger partial charge >= 0.3 is 0 Å². The van der Waals surface area contributed by atoms with Gasteiger partial charge in [0.1, 0.15) is 0 Å². The van der Waals surface area contributed by atoms with Crippen LogP contribution in [-0.4, -0.2) is 50.0 Å². The van der Waals surface area contributed by atoms with Crippen LogP contribution < -0.4 is 16.4 Å². The average Bonchev–Trinajstić information content (AvgIpc) is 3.53. The van der Waals surface area contributed by atoms with Crippen LogP contribution in [0.3, 0.4) is 0 Å². The Morgan fingerprint density at radius 2 is 1.68 bits per heavy atom. The first-order chi connectivity index (χ1) is 19.4. The van der Waals surface area contributed by atoms with Crippen LogP contribution in [0.25, 0.3) is 22.5 Å². The molecule has 0 aliphatic heterocycles. The minimum Gasteiger partial charge on any atom is -0.330 e. The summed E-state index contributed by atoms with van der Waals surface area (Å²) in [5.41, 5.74) is 16.1. The van der Waals surface area contributed by atoms with Crippen molar-refractivity contribution in [3.05, 3.63) is 77.6 Å². The summed E-state index contributed by atoms with van der Waals surface area (Å²) in [6, 6.07) is 15.4. The summed E-state index contributed by atoms with van der Waals surface area (Å²) in [5.74, 6) is -0.111. The molecule has 2 aromatic heterocycles. The molecule has 1 aliphatic rings. The maximum absolute atomic E-state index is 13.8. The highest BCUT2D eigenvalue weighted by Gasteiger charge is 2.35. The van der Waals surface area contributed by atoms with Gasteiger partial charge in [0, 0.05) is 29.4 Å². The van der Waals surface area contributed by atoms with Gasteiger partial charge in [0.05, 0.1) is 16.8 Å². The second-order valence-corrected chi connectivity index (χ2v) is 10.5. The Morgan fingerprint density at radius 1 is 1.00 bits per heavy atom. The van der Waals surface area contributed by atoms with E-state index in [9.17, 15) is 9.59 Å². The number of H-pyrrole nitrogens is 1. The van der Waals surface area contributed by atoms with E-state index >= 15 is 0 Å². The van der Waals surface area contributed by atoms with Crippen LogP contribution in [0.15, 0.2) is 67.0 Å². The molecule has 41 heavy (non-hydrogen) atoms. The van der Waals surface area contributed by atoms with Crippen molar-refractivity contribution < 1.29 is 9.59 Å². The number of nitrogens with zero attached hydrogens (tertiary/aromatic N) is 5. The Labute approximate surface area is 249 Å². The van der Waals surface area contributed by atoms with E-state index < -0.39 is 11.9 Å². The van der Waals surface area contributed by atoms with Gasteiger partial charge in [0.15, 0.2) is 0 Å². The quantitative estimate of drug-likeness (QED) is 0.274. The lowest BCUT2D eigenvalue weighted by molar-refractivity contribution is -0.130. The van der Waals surface area contributed by atoms with Crippen LogP contribution >= 0.6 is 24.0 Å². The lowest BCUT2D eigenvalue weighted by atomic mass is 9.81. The third-order valence-electron chi connectivity index (χ3n) is 7.50. The number of carbonyl (C=O) groups is 2. The highest BCUT2D eigenvalue weighted by atomic mass is 35.5. The minimum absolute atomic E-state index is 0. The number of rotatable bonds is 8. The molecule has 1 aliphatic carbocycles. The molecule has 0 saturated heterocycles. The molecule has 0 spiro atoms. The normalized spacial score (nSPS) is 17.3. The number of anilines is 1. The summed E-state index contributed by atoms with van der Waals surface area (Å²) in [4.78, 5) is 33.0. The molecule has 10 nitrogen and oxygen atoms in total. The molecular formula is C29H32Cl2N8O2. The summed E-state index contributed by atoms with van der Waals surface area (Å²) >= 11 is 6.31. The second kappa shape index (κ2) is 13.8. The zero-order valence-electron chi connectivity index (χ0n) is 22.3. The zero-order valence-corrected chi connectivity index (χ0v) is 23.9. The number of tetrazole rings is 1. The zero-order chi connectivity index (χ0) is 28.1. The molecule has 1 saturated carbocycles. The van der Waals surface area contributed by atoms with Gasteiger partial charge in [-0.2, -0.15) is 5.21 Å². The largest absolute Gasteiger partial charge is 0.330 e. The maximum Gasteiger partial charge on any atom is 0.251 e. The molecule has 2 heterocycles. The number of imide groups is 1. The van der Waals surface area contributed by atoms with Gasteiger partial charge in [0.25, 0.3) is 5.91 Å². The number of carbonyl (C=O) groups excluding carboxylic acids is 2. The van der Waals surface area contributed by atoms with Crippen LogP contribution in [0.4, 0.5) is 5.69 Å². The van der Waals surface area contributed by atoms with Gasteiger partial charge in [-0.15, -0.1) is 22.6 Å². The first kappa shape index (κ1) is 30.3. The van der Waals surface area contributed by atoms with Crippen molar-refractivity contribution in [2.45, 2.75) is 38.1 Å². The van der Waals surface area contributed by atoms with E-state index in [-0.39, 0.29) is 30.7 Å². The lowest BCUT2D eigenvalue weighted by Gasteiger charge is -2.32. The number of halogens is 2. The Morgan fingerprint density at radius 3 is 2.29 bits per heavy atom. The van der Waals surface area contributed by atoms with Crippen LogP contribution in [0, 0.1) is 11.8 Å². The van der Waals surface area contributed by atoms with E-state index in [0.29, 0.717) is 47.4 Å². The van der Waals surface area contributed by atoms with Gasteiger partial charge in [-0.1, -0.05) is 35.9 Å². The smallest absolute Gasteiger partial charge is 0.251 e. The molecule has 2 amide bonds. The minimum atomic E-state index is -0.922. The standard InChI is InChI=1S/C29H31ClN8O2.ClH/c30-25-13-14-33-17-24(25)20-5-1-18(2-6-20)15-26(32)29(40)38(28(39)22-7-3-19(16-31)4-8-22)23-11-9-21(10-12-23)27-34-36-37-35-27;/h1-2,5-6,9-14,17,19,22,26H,3-4,7-8,15-16,31-32H2,(H,34,35,36,37);1H/t19-,22-,26-;/m0./s1. The third kappa shape index (κ3) is 6.97.